The van der Waals surface area contributed by atoms with Crippen LogP contribution in [0.2, 0.25) is 0 Å². The second kappa shape index (κ2) is 9.84. The van der Waals surface area contributed by atoms with E-state index in [2.05, 4.69) is 26.8 Å². The monoisotopic (exact) mass is 346 g/mol. The van der Waals surface area contributed by atoms with Crippen LogP contribution in [0.3, 0.4) is 0 Å². The van der Waals surface area contributed by atoms with E-state index < -0.39 is 0 Å². The Bertz CT molecular complexity index is 876. The minimum Gasteiger partial charge on any atom is -0.455 e. The summed E-state index contributed by atoms with van der Waals surface area (Å²) in [5, 5.41) is 7.36. The number of pyridine rings is 2. The molecule has 0 aliphatic heterocycles. The summed E-state index contributed by atoms with van der Waals surface area (Å²) in [5.41, 5.74) is 3.44. The number of hydrogen-bond donors (Lipinski definition) is 0. The van der Waals surface area contributed by atoms with E-state index in [9.17, 15) is 0 Å². The van der Waals surface area contributed by atoms with Crippen LogP contribution in [0.5, 0.6) is 11.5 Å². The molecule has 0 aliphatic rings. The van der Waals surface area contributed by atoms with Crippen molar-refractivity contribution in [2.24, 2.45) is 10.2 Å². The molecule has 0 unspecified atom stereocenters. The zero-order chi connectivity index (χ0) is 18.8. The first-order valence-corrected chi connectivity index (χ1v) is 8.16. The summed E-state index contributed by atoms with van der Waals surface area (Å²) in [6.07, 6.45) is 3.46. The first-order chi connectivity index (χ1) is 12.6. The number of benzene rings is 1. The Morgan fingerprint density at radius 2 is 1.77 bits per heavy atom. The first-order valence-electron chi connectivity index (χ1n) is 8.16. The van der Waals surface area contributed by atoms with Gasteiger partial charge in [0.15, 0.2) is 0 Å². The molecule has 2 heterocycles. The van der Waals surface area contributed by atoms with Crippen molar-refractivity contribution >= 4 is 5.70 Å². The van der Waals surface area contributed by atoms with Crippen LogP contribution >= 0.6 is 0 Å². The van der Waals surface area contributed by atoms with Gasteiger partial charge in [0.2, 0.25) is 0 Å². The lowest BCUT2D eigenvalue weighted by Crippen LogP contribution is -1.89. The topological polar surface area (TPSA) is 59.7 Å². The summed E-state index contributed by atoms with van der Waals surface area (Å²) in [4.78, 5) is 8.22. The minimum atomic E-state index is 0.591. The lowest BCUT2D eigenvalue weighted by Gasteiger charge is -2.07. The summed E-state index contributed by atoms with van der Waals surface area (Å²) in [7, 11) is 1.61. The quantitative estimate of drug-likeness (QED) is 0.576. The van der Waals surface area contributed by atoms with Crippen molar-refractivity contribution in [2.75, 3.05) is 7.05 Å². The molecular weight excluding hydrogens is 324 g/mol. The molecule has 0 saturated carbocycles. The molecule has 5 nitrogen and oxygen atoms in total. The van der Waals surface area contributed by atoms with Crippen molar-refractivity contribution < 1.29 is 4.74 Å². The zero-order valence-corrected chi connectivity index (χ0v) is 15.3. The van der Waals surface area contributed by atoms with E-state index in [-0.39, 0.29) is 0 Å². The fraction of sp³-hybridized carbons (Fsp3) is 0.143. The van der Waals surface area contributed by atoms with Crippen molar-refractivity contribution in [3.05, 3.63) is 90.5 Å². The second-order valence-corrected chi connectivity index (χ2v) is 5.47. The van der Waals surface area contributed by atoms with E-state index >= 15 is 0 Å². The molecule has 0 radical (unpaired) electrons. The summed E-state index contributed by atoms with van der Waals surface area (Å²) in [6, 6.07) is 17.4. The Morgan fingerprint density at radius 1 is 0.962 bits per heavy atom. The highest BCUT2D eigenvalue weighted by atomic mass is 16.5. The predicted octanol–water partition coefficient (Wildman–Crippen LogP) is 5.63. The van der Waals surface area contributed by atoms with Gasteiger partial charge in [0.05, 0.1) is 11.4 Å². The van der Waals surface area contributed by atoms with Gasteiger partial charge in [0, 0.05) is 19.4 Å². The van der Waals surface area contributed by atoms with Crippen molar-refractivity contribution in [2.45, 2.75) is 13.8 Å². The minimum absolute atomic E-state index is 0.591. The molecule has 0 fully saturated rings. The van der Waals surface area contributed by atoms with Crippen molar-refractivity contribution in [3.8, 4) is 11.5 Å². The predicted molar refractivity (Wildman–Crippen MR) is 104 cm³/mol. The van der Waals surface area contributed by atoms with E-state index in [0.717, 1.165) is 22.9 Å². The van der Waals surface area contributed by atoms with Crippen LogP contribution in [0.25, 0.3) is 5.70 Å². The molecule has 1 aromatic carbocycles. The normalized spacial score (nSPS) is 10.1. The summed E-state index contributed by atoms with van der Waals surface area (Å²) >= 11 is 0. The smallest absolute Gasteiger partial charge is 0.148 e. The maximum atomic E-state index is 5.73. The number of hydrogen-bond acceptors (Lipinski definition) is 5. The average molecular weight is 346 g/mol. The molecule has 0 spiro atoms. The summed E-state index contributed by atoms with van der Waals surface area (Å²) in [6.45, 7) is 7.67. The van der Waals surface area contributed by atoms with Gasteiger partial charge in [-0.05, 0) is 55.8 Å². The van der Waals surface area contributed by atoms with E-state index in [1.807, 2.05) is 68.4 Å². The standard InChI is InChI=1S/C13H13NO.C8H9N3/c1-10-5-3-6-12(9-10)15-13-7-4-8-14-11(13)2;1-7(11-9-2)8-5-3-4-6-10-8/h3-9H,1-2H3;3-6H,1H2,2H3. The number of ether oxygens (including phenoxy) is 1. The van der Waals surface area contributed by atoms with Crippen LogP contribution in [0.15, 0.2) is 83.8 Å². The Morgan fingerprint density at radius 3 is 2.42 bits per heavy atom. The van der Waals surface area contributed by atoms with E-state index in [4.69, 9.17) is 4.74 Å². The van der Waals surface area contributed by atoms with Gasteiger partial charge in [0.25, 0.3) is 0 Å². The van der Waals surface area contributed by atoms with Gasteiger partial charge >= 0.3 is 0 Å². The van der Waals surface area contributed by atoms with Crippen LogP contribution in [0, 0.1) is 13.8 Å². The Labute approximate surface area is 154 Å². The SMILES string of the molecule is C=C(N=NC)c1ccccn1.Cc1cccc(Oc2cccnc2C)c1. The van der Waals surface area contributed by atoms with Gasteiger partial charge in [-0.1, -0.05) is 24.8 Å². The number of aromatic nitrogens is 2. The highest BCUT2D eigenvalue weighted by Crippen LogP contribution is 2.23. The van der Waals surface area contributed by atoms with Gasteiger partial charge in [-0.25, -0.2) is 0 Å². The van der Waals surface area contributed by atoms with Crippen LogP contribution in [-0.2, 0) is 0 Å². The third-order valence-corrected chi connectivity index (χ3v) is 3.36. The van der Waals surface area contributed by atoms with Crippen LogP contribution in [-0.4, -0.2) is 17.0 Å². The van der Waals surface area contributed by atoms with Crippen LogP contribution < -0.4 is 4.74 Å². The highest BCUT2D eigenvalue weighted by molar-refractivity contribution is 5.57. The lowest BCUT2D eigenvalue weighted by molar-refractivity contribution is 0.475. The maximum absolute atomic E-state index is 5.73. The fourth-order valence-electron chi connectivity index (χ4n) is 2.09. The Hall–Kier alpha value is -3.34. The van der Waals surface area contributed by atoms with E-state index in [1.165, 1.54) is 5.56 Å². The largest absolute Gasteiger partial charge is 0.455 e. The average Bonchev–Trinajstić information content (AvgIpc) is 2.65. The Balaban J connectivity index is 0.000000197. The molecule has 0 N–H and O–H groups in total. The number of azo groups is 1. The number of rotatable bonds is 4. The van der Waals surface area contributed by atoms with E-state index in [1.54, 1.807) is 19.4 Å². The highest BCUT2D eigenvalue weighted by Gasteiger charge is 2.00. The molecule has 5 heteroatoms. The van der Waals surface area contributed by atoms with Gasteiger partial charge < -0.3 is 4.74 Å². The third-order valence-electron chi connectivity index (χ3n) is 3.36. The molecule has 26 heavy (non-hydrogen) atoms. The number of nitrogens with zero attached hydrogens (tertiary/aromatic N) is 4. The van der Waals surface area contributed by atoms with Crippen LogP contribution in [0.4, 0.5) is 0 Å². The molecule has 132 valence electrons. The molecule has 0 amide bonds. The zero-order valence-electron chi connectivity index (χ0n) is 15.3. The van der Waals surface area contributed by atoms with Gasteiger partial charge in [-0.3, -0.25) is 9.97 Å². The Kier molecular flexibility index (Phi) is 7.18. The van der Waals surface area contributed by atoms with Gasteiger partial charge in [0.1, 0.15) is 17.2 Å². The van der Waals surface area contributed by atoms with Crippen molar-refractivity contribution in [3.63, 3.8) is 0 Å². The summed E-state index contributed by atoms with van der Waals surface area (Å²) in [5.74, 6) is 1.66. The summed E-state index contributed by atoms with van der Waals surface area (Å²) < 4.78 is 5.73. The molecule has 0 bridgehead atoms. The van der Waals surface area contributed by atoms with E-state index in [0.29, 0.717) is 5.70 Å². The van der Waals surface area contributed by atoms with Crippen LogP contribution in [0.1, 0.15) is 17.0 Å². The van der Waals surface area contributed by atoms with Crippen molar-refractivity contribution in [1.82, 2.24) is 9.97 Å². The van der Waals surface area contributed by atoms with Gasteiger partial charge in [-0.2, -0.15) is 10.2 Å². The first kappa shape index (κ1) is 19.0. The maximum Gasteiger partial charge on any atom is 0.148 e. The molecular formula is C21H22N4O. The molecule has 0 atom stereocenters. The molecule has 3 rings (SSSR count). The molecule has 2 aromatic heterocycles. The lowest BCUT2D eigenvalue weighted by atomic mass is 10.2. The third kappa shape index (κ3) is 5.94. The second-order valence-electron chi connectivity index (χ2n) is 5.47. The fourth-order valence-corrected chi connectivity index (χ4v) is 2.09. The number of aryl methyl sites for hydroxylation is 2. The molecule has 0 saturated heterocycles. The molecule has 0 aliphatic carbocycles. The van der Waals surface area contributed by atoms with Gasteiger partial charge in [-0.15, -0.1) is 0 Å². The van der Waals surface area contributed by atoms with Crippen molar-refractivity contribution in [1.29, 1.82) is 0 Å². The molecule has 3 aromatic rings.